The zero-order chi connectivity index (χ0) is 10.6. The van der Waals surface area contributed by atoms with Crippen LogP contribution in [0.25, 0.3) is 0 Å². The van der Waals surface area contributed by atoms with Crippen LogP contribution in [-0.4, -0.2) is 6.61 Å². The van der Waals surface area contributed by atoms with E-state index in [0.717, 1.165) is 23.2 Å². The highest BCUT2D eigenvalue weighted by Gasteiger charge is 2.04. The Labute approximate surface area is 107 Å². The van der Waals surface area contributed by atoms with E-state index in [9.17, 15) is 0 Å². The molecule has 0 saturated carbocycles. The van der Waals surface area contributed by atoms with Crippen molar-refractivity contribution in [1.29, 1.82) is 0 Å². The van der Waals surface area contributed by atoms with Crippen molar-refractivity contribution in [1.82, 2.24) is 0 Å². The Morgan fingerprint density at radius 1 is 1.43 bits per heavy atom. The van der Waals surface area contributed by atoms with E-state index >= 15 is 0 Å². The third-order valence-electron chi connectivity index (χ3n) is 1.97. The van der Waals surface area contributed by atoms with Crippen LogP contribution >= 0.6 is 38.5 Å². The van der Waals surface area contributed by atoms with Crippen LogP contribution in [0.1, 0.15) is 25.3 Å². The van der Waals surface area contributed by atoms with E-state index in [1.807, 2.05) is 6.07 Å². The van der Waals surface area contributed by atoms with Crippen molar-refractivity contribution in [2.75, 3.05) is 6.61 Å². The van der Waals surface area contributed by atoms with Crippen LogP contribution in [-0.2, 0) is 0 Å². The highest BCUT2D eigenvalue weighted by Crippen LogP contribution is 2.28. The average Bonchev–Trinajstić information content (AvgIpc) is 2.14. The number of aryl methyl sites for hydroxylation is 1. The van der Waals surface area contributed by atoms with Crippen molar-refractivity contribution in [3.63, 3.8) is 0 Å². The third-order valence-corrected chi connectivity index (χ3v) is 4.26. The smallest absolute Gasteiger partial charge is 0.123 e. The molecule has 14 heavy (non-hydrogen) atoms. The SMILES string of the molecule is CCCCOc1cc(Br)c(I)cc1C. The summed E-state index contributed by atoms with van der Waals surface area (Å²) in [5, 5.41) is 0. The number of rotatable bonds is 4. The van der Waals surface area contributed by atoms with E-state index in [2.05, 4.69) is 58.4 Å². The number of unbranched alkanes of at least 4 members (excludes halogenated alkanes) is 1. The highest BCUT2D eigenvalue weighted by molar-refractivity contribution is 14.1. The predicted octanol–water partition coefficient (Wildman–Crippen LogP) is 4.54. The van der Waals surface area contributed by atoms with Crippen molar-refractivity contribution in [3.8, 4) is 5.75 Å². The van der Waals surface area contributed by atoms with Gasteiger partial charge in [-0.3, -0.25) is 0 Å². The molecule has 0 saturated heterocycles. The van der Waals surface area contributed by atoms with Crippen LogP contribution in [0.3, 0.4) is 0 Å². The number of ether oxygens (including phenoxy) is 1. The van der Waals surface area contributed by atoms with Gasteiger partial charge < -0.3 is 4.74 Å². The highest BCUT2D eigenvalue weighted by atomic mass is 127. The summed E-state index contributed by atoms with van der Waals surface area (Å²) in [7, 11) is 0. The summed E-state index contributed by atoms with van der Waals surface area (Å²) in [4.78, 5) is 0. The lowest BCUT2D eigenvalue weighted by molar-refractivity contribution is 0.307. The van der Waals surface area contributed by atoms with Gasteiger partial charge in [0.25, 0.3) is 0 Å². The van der Waals surface area contributed by atoms with Crippen LogP contribution in [0.4, 0.5) is 0 Å². The van der Waals surface area contributed by atoms with Gasteiger partial charge in [0, 0.05) is 8.04 Å². The second-order valence-corrected chi connectivity index (χ2v) is 5.25. The number of halogens is 2. The van der Waals surface area contributed by atoms with Crippen LogP contribution in [0.5, 0.6) is 5.75 Å². The van der Waals surface area contributed by atoms with Gasteiger partial charge in [-0.2, -0.15) is 0 Å². The Kier molecular flexibility index (Phi) is 5.23. The lowest BCUT2D eigenvalue weighted by atomic mass is 10.2. The van der Waals surface area contributed by atoms with Gasteiger partial charge in [0.05, 0.1) is 6.61 Å². The van der Waals surface area contributed by atoms with Gasteiger partial charge in [-0.15, -0.1) is 0 Å². The second kappa shape index (κ2) is 5.95. The number of benzene rings is 1. The summed E-state index contributed by atoms with van der Waals surface area (Å²) >= 11 is 5.81. The molecule has 0 atom stereocenters. The van der Waals surface area contributed by atoms with Gasteiger partial charge in [0.15, 0.2) is 0 Å². The fourth-order valence-electron chi connectivity index (χ4n) is 1.11. The van der Waals surface area contributed by atoms with Crippen LogP contribution in [0, 0.1) is 10.5 Å². The van der Waals surface area contributed by atoms with Crippen molar-refractivity contribution in [3.05, 3.63) is 25.7 Å². The molecule has 1 aromatic rings. The van der Waals surface area contributed by atoms with E-state index in [-0.39, 0.29) is 0 Å². The monoisotopic (exact) mass is 368 g/mol. The molecule has 0 aliphatic heterocycles. The van der Waals surface area contributed by atoms with Crippen LogP contribution < -0.4 is 4.74 Å². The topological polar surface area (TPSA) is 9.23 Å². The normalized spacial score (nSPS) is 10.3. The summed E-state index contributed by atoms with van der Waals surface area (Å²) in [6, 6.07) is 4.18. The van der Waals surface area contributed by atoms with Gasteiger partial charge >= 0.3 is 0 Å². The fourth-order valence-corrected chi connectivity index (χ4v) is 2.06. The zero-order valence-corrected chi connectivity index (χ0v) is 12.2. The minimum atomic E-state index is 0.810. The molecule has 0 amide bonds. The van der Waals surface area contributed by atoms with Crippen molar-refractivity contribution in [2.45, 2.75) is 26.7 Å². The quantitative estimate of drug-likeness (QED) is 0.560. The minimum absolute atomic E-state index is 0.810. The molecule has 0 spiro atoms. The molecule has 0 heterocycles. The van der Waals surface area contributed by atoms with E-state index in [4.69, 9.17) is 4.74 Å². The van der Waals surface area contributed by atoms with Gasteiger partial charge in [0.1, 0.15) is 5.75 Å². The Hall–Kier alpha value is 0.230. The standard InChI is InChI=1S/C11H14BrIO/c1-3-4-5-14-11-7-9(12)10(13)6-8(11)2/h6-7H,3-5H2,1-2H3. The fraction of sp³-hybridized carbons (Fsp3) is 0.455. The number of hydrogen-bond acceptors (Lipinski definition) is 1. The summed E-state index contributed by atoms with van der Waals surface area (Å²) in [5.74, 6) is 0.991. The predicted molar refractivity (Wildman–Crippen MR) is 72.0 cm³/mol. The molecule has 0 radical (unpaired) electrons. The molecule has 0 fully saturated rings. The largest absolute Gasteiger partial charge is 0.493 e. The Morgan fingerprint density at radius 3 is 2.79 bits per heavy atom. The minimum Gasteiger partial charge on any atom is -0.493 e. The molecule has 0 unspecified atom stereocenters. The Bertz CT molecular complexity index is 312. The molecule has 1 nitrogen and oxygen atoms in total. The van der Waals surface area contributed by atoms with Gasteiger partial charge in [0.2, 0.25) is 0 Å². The van der Waals surface area contributed by atoms with E-state index < -0.39 is 0 Å². The van der Waals surface area contributed by atoms with Crippen molar-refractivity contribution < 1.29 is 4.74 Å². The maximum atomic E-state index is 5.68. The molecule has 0 aliphatic rings. The summed E-state index contributed by atoms with van der Waals surface area (Å²) in [6.45, 7) is 5.06. The summed E-state index contributed by atoms with van der Waals surface area (Å²) < 4.78 is 8.01. The lowest BCUT2D eigenvalue weighted by Gasteiger charge is -2.09. The van der Waals surface area contributed by atoms with Crippen molar-refractivity contribution >= 4 is 38.5 Å². The second-order valence-electron chi connectivity index (χ2n) is 3.23. The molecule has 0 aliphatic carbocycles. The molecular weight excluding hydrogens is 355 g/mol. The first-order chi connectivity index (χ1) is 6.65. The first-order valence-corrected chi connectivity index (χ1v) is 6.60. The first-order valence-electron chi connectivity index (χ1n) is 4.73. The maximum absolute atomic E-state index is 5.68. The maximum Gasteiger partial charge on any atom is 0.123 e. The molecule has 3 heteroatoms. The molecular formula is C11H14BrIO. The average molecular weight is 369 g/mol. The number of hydrogen-bond donors (Lipinski definition) is 0. The van der Waals surface area contributed by atoms with E-state index in [1.165, 1.54) is 15.6 Å². The lowest BCUT2D eigenvalue weighted by Crippen LogP contribution is -1.98. The van der Waals surface area contributed by atoms with Crippen molar-refractivity contribution in [2.24, 2.45) is 0 Å². The zero-order valence-electron chi connectivity index (χ0n) is 8.44. The van der Waals surface area contributed by atoms with Gasteiger partial charge in [-0.05, 0) is 69.6 Å². The molecule has 78 valence electrons. The Morgan fingerprint density at radius 2 is 2.14 bits per heavy atom. The molecule has 0 bridgehead atoms. The van der Waals surface area contributed by atoms with E-state index in [0.29, 0.717) is 0 Å². The summed E-state index contributed by atoms with van der Waals surface area (Å²) in [5.41, 5.74) is 1.20. The Balaban J connectivity index is 2.72. The molecule has 0 N–H and O–H groups in total. The third kappa shape index (κ3) is 3.42. The molecule has 1 rings (SSSR count). The van der Waals surface area contributed by atoms with E-state index in [1.54, 1.807) is 0 Å². The summed E-state index contributed by atoms with van der Waals surface area (Å²) in [6.07, 6.45) is 2.29. The van der Waals surface area contributed by atoms with Crippen LogP contribution in [0.2, 0.25) is 0 Å². The molecule has 1 aromatic carbocycles. The first kappa shape index (κ1) is 12.3. The van der Waals surface area contributed by atoms with Gasteiger partial charge in [-0.25, -0.2) is 0 Å². The molecule has 0 aromatic heterocycles. The van der Waals surface area contributed by atoms with Gasteiger partial charge in [-0.1, -0.05) is 13.3 Å². The van der Waals surface area contributed by atoms with Crippen LogP contribution in [0.15, 0.2) is 16.6 Å².